The van der Waals surface area contributed by atoms with Crippen molar-refractivity contribution in [3.8, 4) is 0 Å². The molecule has 4 nitrogen and oxygen atoms in total. The molecule has 0 bridgehead atoms. The van der Waals surface area contributed by atoms with Crippen LogP contribution in [0.15, 0.2) is 24.3 Å². The average molecular weight is 282 g/mol. The number of carbonyl (C=O) groups is 2. The summed E-state index contributed by atoms with van der Waals surface area (Å²) in [5.74, 6) is -1.05. The first-order chi connectivity index (χ1) is 8.94. The first-order valence-corrected chi connectivity index (χ1v) is 6.59. The Hall–Kier alpha value is -1.55. The van der Waals surface area contributed by atoms with Crippen LogP contribution in [0.2, 0.25) is 5.02 Å². The van der Waals surface area contributed by atoms with Crippen LogP contribution in [0.25, 0.3) is 0 Å². The fourth-order valence-corrected chi connectivity index (χ4v) is 2.61. The Morgan fingerprint density at radius 3 is 2.68 bits per heavy atom. The lowest BCUT2D eigenvalue weighted by Gasteiger charge is -2.37. The van der Waals surface area contributed by atoms with Gasteiger partial charge in [0.2, 0.25) is 0 Å². The molecule has 102 valence electrons. The highest BCUT2D eigenvalue weighted by atomic mass is 35.5. The number of nitrogens with zero attached hydrogens (tertiary/aromatic N) is 1. The van der Waals surface area contributed by atoms with Gasteiger partial charge in [0.15, 0.2) is 0 Å². The van der Waals surface area contributed by atoms with E-state index in [-0.39, 0.29) is 12.5 Å². The van der Waals surface area contributed by atoms with Gasteiger partial charge in [-0.2, -0.15) is 0 Å². The molecule has 1 atom stereocenters. The van der Waals surface area contributed by atoms with E-state index in [2.05, 4.69) is 0 Å². The Balaban J connectivity index is 2.21. The van der Waals surface area contributed by atoms with E-state index in [1.807, 2.05) is 0 Å². The lowest BCUT2D eigenvalue weighted by atomic mass is 9.82. The van der Waals surface area contributed by atoms with Gasteiger partial charge in [0, 0.05) is 13.1 Å². The number of piperidine rings is 1. The normalized spacial score (nSPS) is 23.2. The van der Waals surface area contributed by atoms with Gasteiger partial charge in [-0.05, 0) is 31.9 Å². The molecule has 5 heteroatoms. The summed E-state index contributed by atoms with van der Waals surface area (Å²) in [6.07, 6.45) is 1.29. The van der Waals surface area contributed by atoms with E-state index in [0.29, 0.717) is 30.0 Å². The van der Waals surface area contributed by atoms with Gasteiger partial charge in [0.05, 0.1) is 16.0 Å². The zero-order chi connectivity index (χ0) is 14.0. The van der Waals surface area contributed by atoms with Gasteiger partial charge in [-0.25, -0.2) is 0 Å². The summed E-state index contributed by atoms with van der Waals surface area (Å²) in [5, 5.41) is 9.66. The fourth-order valence-electron chi connectivity index (χ4n) is 2.39. The molecule has 1 amide bonds. The van der Waals surface area contributed by atoms with E-state index in [1.54, 1.807) is 36.1 Å². The van der Waals surface area contributed by atoms with Crippen LogP contribution in [-0.4, -0.2) is 35.0 Å². The van der Waals surface area contributed by atoms with Gasteiger partial charge in [-0.1, -0.05) is 23.7 Å². The van der Waals surface area contributed by atoms with Crippen molar-refractivity contribution in [2.24, 2.45) is 5.41 Å². The highest BCUT2D eigenvalue weighted by Gasteiger charge is 2.39. The summed E-state index contributed by atoms with van der Waals surface area (Å²) in [4.78, 5) is 25.2. The SMILES string of the molecule is CC1(C(=O)O)CCCN(C(=O)c2ccccc2Cl)C1. The number of halogens is 1. The molecule has 1 N–H and O–H groups in total. The number of carboxylic acid groups (broad SMARTS) is 1. The smallest absolute Gasteiger partial charge is 0.311 e. The third-order valence-electron chi connectivity index (χ3n) is 3.60. The standard InChI is InChI=1S/C14H16ClNO3/c1-14(13(18)19)7-4-8-16(9-14)12(17)10-5-2-3-6-11(10)15/h2-3,5-6H,4,7-9H2,1H3,(H,18,19). The molecule has 1 heterocycles. The number of carboxylic acids is 1. The molecule has 0 radical (unpaired) electrons. The van der Waals surface area contributed by atoms with E-state index in [4.69, 9.17) is 11.6 Å². The van der Waals surface area contributed by atoms with Gasteiger partial charge in [-0.3, -0.25) is 9.59 Å². The summed E-state index contributed by atoms with van der Waals surface area (Å²) < 4.78 is 0. The van der Waals surface area contributed by atoms with Crippen LogP contribution in [0.4, 0.5) is 0 Å². The molecule has 1 saturated heterocycles. The highest BCUT2D eigenvalue weighted by Crippen LogP contribution is 2.31. The van der Waals surface area contributed by atoms with Crippen LogP contribution in [0.3, 0.4) is 0 Å². The molecule has 1 aromatic carbocycles. The van der Waals surface area contributed by atoms with Crippen molar-refractivity contribution in [2.75, 3.05) is 13.1 Å². The van der Waals surface area contributed by atoms with E-state index < -0.39 is 11.4 Å². The van der Waals surface area contributed by atoms with E-state index in [0.717, 1.165) is 0 Å². The minimum absolute atomic E-state index is 0.197. The van der Waals surface area contributed by atoms with Gasteiger partial charge in [0.25, 0.3) is 5.91 Å². The lowest BCUT2D eigenvalue weighted by Crippen LogP contribution is -2.48. The largest absolute Gasteiger partial charge is 0.481 e. The third-order valence-corrected chi connectivity index (χ3v) is 3.93. The fraction of sp³-hybridized carbons (Fsp3) is 0.429. The van der Waals surface area contributed by atoms with Crippen molar-refractivity contribution in [3.05, 3.63) is 34.9 Å². The Kier molecular flexibility index (Phi) is 3.80. The summed E-state index contributed by atoms with van der Waals surface area (Å²) >= 11 is 6.01. The Labute approximate surface area is 117 Å². The highest BCUT2D eigenvalue weighted by molar-refractivity contribution is 6.33. The van der Waals surface area contributed by atoms with Crippen molar-refractivity contribution in [1.29, 1.82) is 0 Å². The molecule has 0 aliphatic carbocycles. The predicted molar refractivity (Wildman–Crippen MR) is 72.3 cm³/mol. The van der Waals surface area contributed by atoms with Crippen molar-refractivity contribution >= 4 is 23.5 Å². The number of rotatable bonds is 2. The molecular formula is C14H16ClNO3. The Bertz CT molecular complexity index is 517. The molecule has 1 aliphatic rings. The summed E-state index contributed by atoms with van der Waals surface area (Å²) in [6.45, 7) is 2.49. The van der Waals surface area contributed by atoms with Crippen LogP contribution < -0.4 is 0 Å². The third kappa shape index (κ3) is 2.73. The zero-order valence-corrected chi connectivity index (χ0v) is 11.5. The summed E-state index contributed by atoms with van der Waals surface area (Å²) in [6, 6.07) is 6.84. The Morgan fingerprint density at radius 1 is 1.37 bits per heavy atom. The minimum atomic E-state index is -0.866. The maximum Gasteiger partial charge on any atom is 0.311 e. The number of hydrogen-bond acceptors (Lipinski definition) is 2. The van der Waals surface area contributed by atoms with Gasteiger partial charge >= 0.3 is 5.97 Å². The van der Waals surface area contributed by atoms with Crippen molar-refractivity contribution < 1.29 is 14.7 Å². The maximum absolute atomic E-state index is 12.4. The number of hydrogen-bond donors (Lipinski definition) is 1. The first kappa shape index (κ1) is 13.9. The van der Waals surface area contributed by atoms with Crippen LogP contribution >= 0.6 is 11.6 Å². The average Bonchev–Trinajstić information content (AvgIpc) is 2.38. The second-order valence-electron chi connectivity index (χ2n) is 5.18. The molecule has 2 rings (SSSR count). The molecular weight excluding hydrogens is 266 g/mol. The molecule has 1 fully saturated rings. The second kappa shape index (κ2) is 5.21. The number of likely N-dealkylation sites (tertiary alicyclic amines) is 1. The molecule has 1 unspecified atom stereocenters. The van der Waals surface area contributed by atoms with E-state index in [9.17, 15) is 14.7 Å². The molecule has 0 aromatic heterocycles. The van der Waals surface area contributed by atoms with Crippen molar-refractivity contribution in [1.82, 2.24) is 4.90 Å². The van der Waals surface area contributed by atoms with Crippen molar-refractivity contribution in [3.63, 3.8) is 0 Å². The van der Waals surface area contributed by atoms with E-state index >= 15 is 0 Å². The number of aliphatic carboxylic acids is 1. The lowest BCUT2D eigenvalue weighted by molar-refractivity contribution is -0.150. The van der Waals surface area contributed by atoms with E-state index in [1.165, 1.54) is 0 Å². The van der Waals surface area contributed by atoms with Crippen LogP contribution in [0.1, 0.15) is 30.1 Å². The van der Waals surface area contributed by atoms with Crippen LogP contribution in [0, 0.1) is 5.41 Å². The Morgan fingerprint density at radius 2 is 2.05 bits per heavy atom. The topological polar surface area (TPSA) is 57.6 Å². The van der Waals surface area contributed by atoms with Crippen LogP contribution in [-0.2, 0) is 4.79 Å². The minimum Gasteiger partial charge on any atom is -0.481 e. The maximum atomic E-state index is 12.4. The van der Waals surface area contributed by atoms with Gasteiger partial charge in [0.1, 0.15) is 0 Å². The first-order valence-electron chi connectivity index (χ1n) is 6.21. The van der Waals surface area contributed by atoms with Gasteiger partial charge < -0.3 is 10.0 Å². The monoisotopic (exact) mass is 281 g/mol. The number of carbonyl (C=O) groups excluding carboxylic acids is 1. The van der Waals surface area contributed by atoms with Crippen molar-refractivity contribution in [2.45, 2.75) is 19.8 Å². The molecule has 0 spiro atoms. The zero-order valence-electron chi connectivity index (χ0n) is 10.7. The second-order valence-corrected chi connectivity index (χ2v) is 5.58. The number of benzene rings is 1. The van der Waals surface area contributed by atoms with Crippen LogP contribution in [0.5, 0.6) is 0 Å². The summed E-state index contributed by atoms with van der Waals surface area (Å²) in [5.41, 5.74) is -0.436. The quantitative estimate of drug-likeness (QED) is 0.907. The molecule has 0 saturated carbocycles. The molecule has 19 heavy (non-hydrogen) atoms. The molecule has 1 aliphatic heterocycles. The summed E-state index contributed by atoms with van der Waals surface area (Å²) in [7, 11) is 0. The molecule has 1 aromatic rings. The predicted octanol–water partition coefficient (Wildman–Crippen LogP) is 2.67. The van der Waals surface area contributed by atoms with Gasteiger partial charge in [-0.15, -0.1) is 0 Å². The number of amides is 1.